The molecule has 0 aliphatic heterocycles. The predicted molar refractivity (Wildman–Crippen MR) is 272 cm³/mol. The van der Waals surface area contributed by atoms with Gasteiger partial charge in [-0.15, -0.1) is 0 Å². The van der Waals surface area contributed by atoms with E-state index < -0.39 is 82.5 Å². The van der Waals surface area contributed by atoms with Crippen molar-refractivity contribution >= 4 is 0 Å². The molecule has 12 heteroatoms. The molecule has 0 heterocycles. The first-order valence-electron chi connectivity index (χ1n) is 24.7. The molecule has 3 rings (SSSR count). The summed E-state index contributed by atoms with van der Waals surface area (Å²) in [6, 6.07) is 3.71. The number of ether oxygens (including phenoxy) is 2. The molecular formula is C60H72F10O2. The molecule has 0 atom stereocenters. The van der Waals surface area contributed by atoms with E-state index >= 15 is 0 Å². The minimum atomic E-state index is -2.32. The first-order valence-corrected chi connectivity index (χ1v) is 24.7. The van der Waals surface area contributed by atoms with Crippen molar-refractivity contribution in [3.8, 4) is 11.5 Å². The highest BCUT2D eigenvalue weighted by Crippen LogP contribution is 2.31. The van der Waals surface area contributed by atoms with Crippen LogP contribution in [0.15, 0.2) is 111 Å². The fourth-order valence-corrected chi connectivity index (χ4v) is 7.67. The van der Waals surface area contributed by atoms with Gasteiger partial charge in [0.05, 0.1) is 11.1 Å². The summed E-state index contributed by atoms with van der Waals surface area (Å²) in [7, 11) is 0. The maximum absolute atomic E-state index is 14.4. The van der Waals surface area contributed by atoms with E-state index in [0.29, 0.717) is 6.42 Å². The van der Waals surface area contributed by atoms with E-state index in [-0.39, 0.29) is 23.5 Å². The maximum atomic E-state index is 14.4. The van der Waals surface area contributed by atoms with Crippen LogP contribution in [0.4, 0.5) is 43.9 Å². The molecule has 0 bridgehead atoms. The Bertz CT molecular complexity index is 2490. The second kappa shape index (κ2) is 31.2. The molecule has 0 saturated heterocycles. The minimum absolute atomic E-state index is 0.0596. The normalized spacial score (nSPS) is 13.3. The zero-order chi connectivity index (χ0) is 53.5. The van der Waals surface area contributed by atoms with Gasteiger partial charge < -0.3 is 9.47 Å². The van der Waals surface area contributed by atoms with Crippen molar-refractivity contribution in [3.63, 3.8) is 0 Å². The summed E-state index contributed by atoms with van der Waals surface area (Å²) in [6.45, 7) is 17.2. The quantitative estimate of drug-likeness (QED) is 0.0299. The van der Waals surface area contributed by atoms with Gasteiger partial charge >= 0.3 is 0 Å². The van der Waals surface area contributed by atoms with Crippen molar-refractivity contribution in [2.75, 3.05) is 0 Å². The average molecular weight is 1020 g/mol. The summed E-state index contributed by atoms with van der Waals surface area (Å²) in [4.78, 5) is 0. The van der Waals surface area contributed by atoms with Crippen LogP contribution in [0, 0.1) is 58.2 Å². The van der Waals surface area contributed by atoms with Gasteiger partial charge in [-0.05, 0) is 177 Å². The number of rotatable bonds is 29. The standard InChI is InChI=1S/C60H72F10O2/c1-38(2)17-10-18-39(3)19-11-20-40(4)21-12-22-41(5)23-13-24-42(6)25-14-26-43(7)27-15-28-44(8)29-16-30-45(9)31-32-46-35-47(71-36-48-51(61)55(65)59(69)56(66)52(48)62)33-34-50(46)72-37-49-53(63)57(67)60(70)58(68)54(49)64/h17,19,21,23,25,27,29,31,33-35H,10-16,18,20,22,24,26,28,30,32,36-37H2,1-9H3/b39-19+,40-21+,41-23+,42-25+,43-27+,44-29+,45-31+. The molecule has 0 fully saturated rings. The molecule has 0 aliphatic rings. The molecule has 0 amide bonds. The average Bonchev–Trinajstić information content (AvgIpc) is 3.33. The van der Waals surface area contributed by atoms with Crippen molar-refractivity contribution in [1.82, 2.24) is 0 Å². The van der Waals surface area contributed by atoms with E-state index in [0.717, 1.165) is 89.0 Å². The van der Waals surface area contributed by atoms with Crippen molar-refractivity contribution in [2.45, 2.75) is 172 Å². The number of allylic oxidation sites excluding steroid dienone is 16. The highest BCUT2D eigenvalue weighted by Gasteiger charge is 2.27. The van der Waals surface area contributed by atoms with E-state index in [9.17, 15) is 43.9 Å². The minimum Gasteiger partial charge on any atom is -0.489 e. The number of hydrogen-bond donors (Lipinski definition) is 0. The molecule has 3 aromatic rings. The zero-order valence-electron chi connectivity index (χ0n) is 43.5. The van der Waals surface area contributed by atoms with Gasteiger partial charge in [-0.1, -0.05) is 93.2 Å². The second-order valence-electron chi connectivity index (χ2n) is 19.1. The molecule has 0 N–H and O–H groups in total. The van der Waals surface area contributed by atoms with Crippen LogP contribution in [-0.4, -0.2) is 0 Å². The molecule has 3 aromatic carbocycles. The summed E-state index contributed by atoms with van der Waals surface area (Å²) < 4.78 is 151. The van der Waals surface area contributed by atoms with Crippen LogP contribution in [0.3, 0.4) is 0 Å². The lowest BCUT2D eigenvalue weighted by Gasteiger charge is -2.15. The van der Waals surface area contributed by atoms with E-state index in [2.05, 4.69) is 97.9 Å². The van der Waals surface area contributed by atoms with E-state index in [1.165, 1.54) is 57.2 Å². The fraction of sp³-hybridized carbons (Fsp3) is 0.433. The van der Waals surface area contributed by atoms with Gasteiger partial charge in [0.2, 0.25) is 11.6 Å². The lowest BCUT2D eigenvalue weighted by atomic mass is 10.0. The number of halogens is 10. The van der Waals surface area contributed by atoms with Gasteiger partial charge in [-0.25, -0.2) is 43.9 Å². The molecule has 394 valence electrons. The van der Waals surface area contributed by atoms with Gasteiger partial charge in [0.1, 0.15) is 24.7 Å². The molecular weight excluding hydrogens is 943 g/mol. The Morgan fingerprint density at radius 1 is 0.347 bits per heavy atom. The Balaban J connectivity index is 1.49. The van der Waals surface area contributed by atoms with E-state index in [1.807, 2.05) is 13.0 Å². The zero-order valence-corrected chi connectivity index (χ0v) is 43.5. The third kappa shape index (κ3) is 20.5. The summed E-state index contributed by atoms with van der Waals surface area (Å²) in [5, 5.41) is 0. The van der Waals surface area contributed by atoms with Crippen LogP contribution in [-0.2, 0) is 19.6 Å². The Hall–Kier alpha value is -5.52. The SMILES string of the molecule is CC(C)=CCC/C(C)=C/CC/C(C)=C/CC/C(C)=C/CC/C(C)=C/CC/C(C)=C/CC/C(C)=C/CC/C(C)=C/Cc1cc(OCc2c(F)c(F)c(F)c(F)c2F)ccc1OCc1c(F)c(F)c(F)c(F)c1F. The molecule has 72 heavy (non-hydrogen) atoms. The second-order valence-corrected chi connectivity index (χ2v) is 19.1. The maximum Gasteiger partial charge on any atom is 0.200 e. The van der Waals surface area contributed by atoms with Crippen LogP contribution in [0.2, 0.25) is 0 Å². The van der Waals surface area contributed by atoms with Gasteiger partial charge in [-0.2, -0.15) is 0 Å². The van der Waals surface area contributed by atoms with Crippen LogP contribution in [0.25, 0.3) is 0 Å². The van der Waals surface area contributed by atoms with E-state index in [1.54, 1.807) is 0 Å². The van der Waals surface area contributed by atoms with Crippen LogP contribution in [0.5, 0.6) is 11.5 Å². The molecule has 2 nitrogen and oxygen atoms in total. The summed E-state index contributed by atoms with van der Waals surface area (Å²) >= 11 is 0. The smallest absolute Gasteiger partial charge is 0.200 e. The fourth-order valence-electron chi connectivity index (χ4n) is 7.67. The van der Waals surface area contributed by atoms with Crippen molar-refractivity contribution in [1.29, 1.82) is 0 Å². The van der Waals surface area contributed by atoms with Gasteiger partial charge in [0.15, 0.2) is 46.5 Å². The van der Waals surface area contributed by atoms with Crippen LogP contribution < -0.4 is 9.47 Å². The lowest BCUT2D eigenvalue weighted by molar-refractivity contribution is 0.271. The van der Waals surface area contributed by atoms with Crippen LogP contribution >= 0.6 is 0 Å². The Labute approximate surface area is 421 Å². The third-order valence-corrected chi connectivity index (χ3v) is 12.3. The monoisotopic (exact) mass is 1010 g/mol. The van der Waals surface area contributed by atoms with Crippen molar-refractivity contribution < 1.29 is 53.4 Å². The Kier molecular flexibility index (Phi) is 26.3. The molecule has 0 aromatic heterocycles. The van der Waals surface area contributed by atoms with Gasteiger partial charge in [0.25, 0.3) is 0 Å². The van der Waals surface area contributed by atoms with Gasteiger partial charge in [-0.3, -0.25) is 0 Å². The molecule has 0 unspecified atom stereocenters. The molecule has 0 radical (unpaired) electrons. The Morgan fingerprint density at radius 3 is 0.944 bits per heavy atom. The Morgan fingerprint density at radius 2 is 0.625 bits per heavy atom. The summed E-state index contributed by atoms with van der Waals surface area (Å²) in [6.07, 6.45) is 32.1. The number of benzene rings is 3. The first kappa shape index (κ1) is 60.8. The van der Waals surface area contributed by atoms with Crippen LogP contribution in [0.1, 0.15) is 169 Å². The number of hydrogen-bond acceptors (Lipinski definition) is 2. The highest BCUT2D eigenvalue weighted by atomic mass is 19.2. The largest absolute Gasteiger partial charge is 0.489 e. The van der Waals surface area contributed by atoms with Gasteiger partial charge in [0, 0.05) is 5.56 Å². The molecule has 0 spiro atoms. The summed E-state index contributed by atoms with van der Waals surface area (Å²) in [5.41, 5.74) is 8.50. The van der Waals surface area contributed by atoms with Crippen molar-refractivity contribution in [2.24, 2.45) is 0 Å². The summed E-state index contributed by atoms with van der Waals surface area (Å²) in [5.74, 6) is -21.6. The topological polar surface area (TPSA) is 18.5 Å². The lowest BCUT2D eigenvalue weighted by Crippen LogP contribution is -2.11. The molecule has 0 saturated carbocycles. The molecule has 0 aliphatic carbocycles. The highest BCUT2D eigenvalue weighted by molar-refractivity contribution is 5.42. The van der Waals surface area contributed by atoms with Crippen molar-refractivity contribution in [3.05, 3.63) is 186 Å². The first-order chi connectivity index (χ1) is 34.1. The third-order valence-electron chi connectivity index (χ3n) is 12.3. The van der Waals surface area contributed by atoms with E-state index in [4.69, 9.17) is 9.47 Å². The predicted octanol–water partition coefficient (Wildman–Crippen LogP) is 19.8.